The van der Waals surface area contributed by atoms with Gasteiger partial charge in [-0.25, -0.2) is 0 Å². The molecule has 1 fully saturated rings. The number of halogens is 1. The van der Waals surface area contributed by atoms with Crippen LogP contribution in [0.15, 0.2) is 24.3 Å². The highest BCUT2D eigenvalue weighted by atomic mass is 35.5. The van der Waals surface area contributed by atoms with Crippen LogP contribution >= 0.6 is 11.6 Å². The first-order chi connectivity index (χ1) is 8.59. The first-order valence-electron chi connectivity index (χ1n) is 7.33. The van der Waals surface area contributed by atoms with Crippen molar-refractivity contribution in [1.82, 2.24) is 0 Å². The lowest BCUT2D eigenvalue weighted by atomic mass is 9.77. The van der Waals surface area contributed by atoms with Gasteiger partial charge in [-0.1, -0.05) is 57.9 Å². The fraction of sp³-hybridized carbons (Fsp3) is 0.647. The molecule has 2 rings (SSSR count). The highest BCUT2D eigenvalue weighted by Crippen LogP contribution is 2.53. The van der Waals surface area contributed by atoms with Crippen molar-refractivity contribution in [3.05, 3.63) is 35.4 Å². The maximum Gasteiger partial charge on any atom is 0.0641 e. The summed E-state index contributed by atoms with van der Waals surface area (Å²) in [4.78, 5) is 0. The van der Waals surface area contributed by atoms with Crippen LogP contribution in [-0.2, 0) is 0 Å². The molecule has 0 heterocycles. The van der Waals surface area contributed by atoms with Gasteiger partial charge in [-0.3, -0.25) is 0 Å². The highest BCUT2D eigenvalue weighted by Gasteiger charge is 2.39. The Morgan fingerprint density at radius 1 is 1.06 bits per heavy atom. The van der Waals surface area contributed by atoms with Crippen molar-refractivity contribution < 1.29 is 0 Å². The molecule has 0 amide bonds. The van der Waals surface area contributed by atoms with Crippen molar-refractivity contribution in [3.63, 3.8) is 0 Å². The normalized spacial score (nSPS) is 20.3. The zero-order valence-electron chi connectivity index (χ0n) is 11.9. The molecule has 1 aromatic rings. The van der Waals surface area contributed by atoms with Crippen LogP contribution < -0.4 is 0 Å². The molecule has 0 saturated heterocycles. The summed E-state index contributed by atoms with van der Waals surface area (Å²) in [6.07, 6.45) is 6.49. The molecular formula is C17H25Cl. The summed E-state index contributed by atoms with van der Waals surface area (Å²) in [5, 5.41) is 0.186. The van der Waals surface area contributed by atoms with E-state index < -0.39 is 0 Å². The molecule has 1 atom stereocenters. The zero-order chi connectivity index (χ0) is 13.2. The van der Waals surface area contributed by atoms with E-state index >= 15 is 0 Å². The van der Waals surface area contributed by atoms with Gasteiger partial charge >= 0.3 is 0 Å². The first-order valence-corrected chi connectivity index (χ1v) is 7.76. The Bertz CT molecular complexity index is 371. The van der Waals surface area contributed by atoms with Gasteiger partial charge in [-0.05, 0) is 41.7 Å². The molecule has 0 aromatic heterocycles. The molecule has 0 bridgehead atoms. The summed E-state index contributed by atoms with van der Waals surface area (Å²) in [7, 11) is 0. The second-order valence-electron chi connectivity index (χ2n) is 6.11. The minimum absolute atomic E-state index is 0.186. The van der Waals surface area contributed by atoms with Crippen molar-refractivity contribution in [2.45, 2.75) is 64.2 Å². The Kier molecular flexibility index (Phi) is 4.37. The van der Waals surface area contributed by atoms with Gasteiger partial charge < -0.3 is 0 Å². The van der Waals surface area contributed by atoms with E-state index in [9.17, 15) is 0 Å². The maximum absolute atomic E-state index is 6.80. The Morgan fingerprint density at radius 3 is 2.00 bits per heavy atom. The molecule has 1 aliphatic rings. The third-order valence-corrected chi connectivity index (χ3v) is 5.45. The van der Waals surface area contributed by atoms with Crippen LogP contribution in [0.5, 0.6) is 0 Å². The maximum atomic E-state index is 6.80. The van der Waals surface area contributed by atoms with Crippen LogP contribution in [0.2, 0.25) is 0 Å². The van der Waals surface area contributed by atoms with Crippen molar-refractivity contribution in [3.8, 4) is 0 Å². The quantitative estimate of drug-likeness (QED) is 0.580. The molecule has 18 heavy (non-hydrogen) atoms. The Labute approximate surface area is 117 Å². The second kappa shape index (κ2) is 5.65. The van der Waals surface area contributed by atoms with Gasteiger partial charge in [-0.15, -0.1) is 11.6 Å². The lowest BCUT2D eigenvalue weighted by Gasteiger charge is -2.33. The summed E-state index contributed by atoms with van der Waals surface area (Å²) >= 11 is 6.80. The molecule has 100 valence electrons. The van der Waals surface area contributed by atoms with Gasteiger partial charge in [0, 0.05) is 0 Å². The predicted molar refractivity (Wildman–Crippen MR) is 80.3 cm³/mol. The van der Waals surface area contributed by atoms with E-state index in [1.54, 1.807) is 0 Å². The zero-order valence-corrected chi connectivity index (χ0v) is 12.6. The van der Waals surface area contributed by atoms with E-state index in [2.05, 4.69) is 45.0 Å². The fourth-order valence-electron chi connectivity index (χ4n) is 3.27. The van der Waals surface area contributed by atoms with E-state index in [-0.39, 0.29) is 5.38 Å². The van der Waals surface area contributed by atoms with Gasteiger partial charge in [0.15, 0.2) is 0 Å². The third-order valence-electron chi connectivity index (χ3n) is 4.74. The van der Waals surface area contributed by atoms with Crippen LogP contribution in [0, 0.1) is 5.41 Å². The summed E-state index contributed by atoms with van der Waals surface area (Å²) in [6, 6.07) is 8.97. The molecule has 1 unspecified atom stereocenters. The summed E-state index contributed by atoms with van der Waals surface area (Å²) in [5.41, 5.74) is 3.06. The summed E-state index contributed by atoms with van der Waals surface area (Å²) in [5.74, 6) is 0.597. The van der Waals surface area contributed by atoms with E-state index in [1.165, 1.54) is 43.2 Å². The second-order valence-corrected chi connectivity index (χ2v) is 6.54. The van der Waals surface area contributed by atoms with E-state index in [4.69, 9.17) is 11.6 Å². The van der Waals surface area contributed by atoms with Crippen molar-refractivity contribution in [2.24, 2.45) is 5.41 Å². The van der Waals surface area contributed by atoms with Gasteiger partial charge in [0.2, 0.25) is 0 Å². The smallest absolute Gasteiger partial charge is 0.0641 e. The summed E-state index contributed by atoms with van der Waals surface area (Å²) in [6.45, 7) is 6.76. The lowest BCUT2D eigenvalue weighted by Crippen LogP contribution is -2.21. The van der Waals surface area contributed by atoms with Gasteiger partial charge in [0.05, 0.1) is 5.38 Å². The summed E-state index contributed by atoms with van der Waals surface area (Å²) < 4.78 is 0. The monoisotopic (exact) mass is 264 g/mol. The Morgan fingerprint density at radius 2 is 1.56 bits per heavy atom. The standard InChI is InChI=1S/C17H25Cl/c1-4-17(11-5-6-12-17)16(18)15-9-7-14(8-10-15)13(2)3/h7-10,13,16H,4-6,11-12H2,1-3H3. The minimum atomic E-state index is 0.186. The molecule has 0 nitrogen and oxygen atoms in total. The van der Waals surface area contributed by atoms with E-state index in [0.717, 1.165) is 0 Å². The Hall–Kier alpha value is -0.490. The number of rotatable bonds is 4. The number of benzene rings is 1. The molecule has 0 spiro atoms. The van der Waals surface area contributed by atoms with Crippen LogP contribution in [0.4, 0.5) is 0 Å². The molecule has 0 N–H and O–H groups in total. The molecule has 1 saturated carbocycles. The fourth-order valence-corrected chi connectivity index (χ4v) is 3.79. The molecule has 0 aliphatic heterocycles. The van der Waals surface area contributed by atoms with Gasteiger partial charge in [0.25, 0.3) is 0 Å². The van der Waals surface area contributed by atoms with Crippen molar-refractivity contribution in [2.75, 3.05) is 0 Å². The molecular weight excluding hydrogens is 240 g/mol. The first kappa shape index (κ1) is 13.9. The SMILES string of the molecule is CCC1(C(Cl)c2ccc(C(C)C)cc2)CCCC1. The van der Waals surface area contributed by atoms with Crippen LogP contribution in [0.25, 0.3) is 0 Å². The average Bonchev–Trinajstić information content (AvgIpc) is 2.88. The lowest BCUT2D eigenvalue weighted by molar-refractivity contribution is 0.271. The molecule has 1 aromatic carbocycles. The van der Waals surface area contributed by atoms with Crippen LogP contribution in [0.1, 0.15) is 75.3 Å². The number of alkyl halides is 1. The number of hydrogen-bond acceptors (Lipinski definition) is 0. The number of hydrogen-bond donors (Lipinski definition) is 0. The molecule has 1 aliphatic carbocycles. The average molecular weight is 265 g/mol. The molecule has 1 heteroatoms. The largest absolute Gasteiger partial charge is 0.117 e. The van der Waals surface area contributed by atoms with E-state index in [0.29, 0.717) is 11.3 Å². The van der Waals surface area contributed by atoms with Crippen molar-refractivity contribution in [1.29, 1.82) is 0 Å². The third kappa shape index (κ3) is 2.59. The van der Waals surface area contributed by atoms with Crippen LogP contribution in [0.3, 0.4) is 0 Å². The van der Waals surface area contributed by atoms with Gasteiger partial charge in [-0.2, -0.15) is 0 Å². The highest BCUT2D eigenvalue weighted by molar-refractivity contribution is 6.21. The Balaban J connectivity index is 2.20. The van der Waals surface area contributed by atoms with Crippen molar-refractivity contribution >= 4 is 11.6 Å². The van der Waals surface area contributed by atoms with Crippen LogP contribution in [-0.4, -0.2) is 0 Å². The van der Waals surface area contributed by atoms with Gasteiger partial charge in [0.1, 0.15) is 0 Å². The van der Waals surface area contributed by atoms with E-state index in [1.807, 2.05) is 0 Å². The predicted octanol–water partition coefficient (Wildman–Crippen LogP) is 6.06. The topological polar surface area (TPSA) is 0 Å². The molecule has 0 radical (unpaired) electrons. The minimum Gasteiger partial charge on any atom is -0.117 e.